The van der Waals surface area contributed by atoms with E-state index in [4.69, 9.17) is 0 Å². The molecule has 0 radical (unpaired) electrons. The lowest BCUT2D eigenvalue weighted by atomic mass is 9.95. The molecular weight excluding hydrogens is 702 g/mol. The Morgan fingerprint density at radius 3 is 2.27 bits per heavy atom. The van der Waals surface area contributed by atoms with E-state index in [-0.39, 0.29) is 22.2 Å². The molecule has 5 rings (SSSR count). The van der Waals surface area contributed by atoms with Crippen molar-refractivity contribution < 1.29 is 36.7 Å². The zero-order valence-electron chi connectivity index (χ0n) is 28.6. The van der Waals surface area contributed by atoms with Crippen LogP contribution in [0.25, 0.3) is 5.69 Å². The summed E-state index contributed by atoms with van der Waals surface area (Å²) in [7, 11) is -2.86. The van der Waals surface area contributed by atoms with E-state index in [9.17, 15) is 37.5 Å². The van der Waals surface area contributed by atoms with Crippen molar-refractivity contribution in [3.05, 3.63) is 110 Å². The van der Waals surface area contributed by atoms with Crippen molar-refractivity contribution in [2.75, 3.05) is 10.0 Å². The predicted octanol–water partition coefficient (Wildman–Crippen LogP) is 3.30. The summed E-state index contributed by atoms with van der Waals surface area (Å²) in [5, 5.41) is 14.5. The number of pyridine rings is 1. The molecule has 0 aliphatic heterocycles. The molecule has 1 aliphatic rings. The fraction of sp³-hybridized carbons (Fsp3) is 0.314. The summed E-state index contributed by atoms with van der Waals surface area (Å²) in [5.41, 5.74) is -1.56. The summed E-state index contributed by atoms with van der Waals surface area (Å²) in [6.45, 7) is 5.09. The highest BCUT2D eigenvalue weighted by atomic mass is 32.2. The second-order valence-corrected chi connectivity index (χ2v) is 15.0. The standard InChI is InChI=1S/C35H36F2N6O8S/c1-35(2,3)33(48)39-19-10-13-22(14-11-19)52(50,51)41-27-17-25(36)24(16-26(27)37)30(44)40-28(32(46)47)15-20-9-12-21(18-38-20)43-31(45)23-7-5-6-8-29(23)42(4)34(43)49/h9-14,16-18,28,41H,5-8,15H2,1-4H3,(H,39,48)(H,40,44)(H,46,47)/t28-/m0/s1. The number of aromatic nitrogens is 3. The smallest absolute Gasteiger partial charge is 0.335 e. The highest BCUT2D eigenvalue weighted by Gasteiger charge is 2.27. The van der Waals surface area contributed by atoms with Crippen LogP contribution in [0.4, 0.5) is 20.2 Å². The Morgan fingerprint density at radius 2 is 1.65 bits per heavy atom. The molecule has 1 atom stereocenters. The summed E-state index contributed by atoms with van der Waals surface area (Å²) >= 11 is 0. The maximum absolute atomic E-state index is 15.1. The number of anilines is 2. The Bertz CT molecular complexity index is 2300. The molecule has 4 aromatic rings. The molecule has 2 amide bonds. The molecule has 2 aromatic carbocycles. The normalized spacial score (nSPS) is 13.5. The molecule has 52 heavy (non-hydrogen) atoms. The Hall–Kier alpha value is -5.71. The van der Waals surface area contributed by atoms with Crippen LogP contribution in [-0.4, -0.2) is 51.5 Å². The summed E-state index contributed by atoms with van der Waals surface area (Å²) in [6, 6.07) is 6.95. The lowest BCUT2D eigenvalue weighted by Crippen LogP contribution is -2.43. The number of carbonyl (C=O) groups is 3. The van der Waals surface area contributed by atoms with Crippen molar-refractivity contribution in [1.82, 2.24) is 19.4 Å². The van der Waals surface area contributed by atoms with E-state index in [0.717, 1.165) is 29.5 Å². The summed E-state index contributed by atoms with van der Waals surface area (Å²) in [5.74, 6) is -5.80. The van der Waals surface area contributed by atoms with Crippen LogP contribution >= 0.6 is 0 Å². The van der Waals surface area contributed by atoms with Crippen molar-refractivity contribution >= 4 is 39.2 Å². The van der Waals surface area contributed by atoms with Crippen LogP contribution in [0.5, 0.6) is 0 Å². The Kier molecular flexibility index (Phi) is 10.5. The number of benzene rings is 2. The first-order valence-corrected chi connectivity index (χ1v) is 17.6. The maximum atomic E-state index is 15.1. The average Bonchev–Trinajstić information content (AvgIpc) is 3.08. The van der Waals surface area contributed by atoms with Crippen molar-refractivity contribution in [3.8, 4) is 5.69 Å². The van der Waals surface area contributed by atoms with Gasteiger partial charge in [0.1, 0.15) is 17.7 Å². The molecule has 0 saturated heterocycles. The first kappa shape index (κ1) is 37.5. The number of sulfonamides is 1. The first-order chi connectivity index (χ1) is 24.4. The van der Waals surface area contributed by atoms with Gasteiger partial charge in [-0.05, 0) is 68.1 Å². The number of rotatable bonds is 10. The van der Waals surface area contributed by atoms with Gasteiger partial charge in [-0.2, -0.15) is 0 Å². The van der Waals surface area contributed by atoms with Crippen LogP contribution in [0.1, 0.15) is 60.9 Å². The summed E-state index contributed by atoms with van der Waals surface area (Å²) in [6.07, 6.45) is 3.66. The summed E-state index contributed by atoms with van der Waals surface area (Å²) < 4.78 is 60.3. The van der Waals surface area contributed by atoms with Crippen LogP contribution < -0.4 is 26.6 Å². The number of hydrogen-bond acceptors (Lipinski definition) is 8. The fourth-order valence-electron chi connectivity index (χ4n) is 5.56. The van der Waals surface area contributed by atoms with Crippen molar-refractivity contribution in [2.45, 2.75) is 63.8 Å². The lowest BCUT2D eigenvalue weighted by molar-refractivity contribution is -0.139. The molecule has 2 heterocycles. The van der Waals surface area contributed by atoms with Gasteiger partial charge in [-0.25, -0.2) is 31.4 Å². The molecule has 17 heteroatoms. The van der Waals surface area contributed by atoms with Gasteiger partial charge >= 0.3 is 11.7 Å². The van der Waals surface area contributed by atoms with E-state index < -0.39 is 73.9 Å². The third-order valence-electron chi connectivity index (χ3n) is 8.52. The minimum Gasteiger partial charge on any atom is -0.480 e. The molecule has 0 unspecified atom stereocenters. The Morgan fingerprint density at radius 1 is 0.981 bits per heavy atom. The molecular formula is C35H36F2N6O8S. The van der Waals surface area contributed by atoms with E-state index >= 15 is 8.78 Å². The monoisotopic (exact) mass is 738 g/mol. The molecule has 2 aromatic heterocycles. The van der Waals surface area contributed by atoms with E-state index in [0.29, 0.717) is 41.9 Å². The van der Waals surface area contributed by atoms with Gasteiger partial charge in [-0.1, -0.05) is 20.8 Å². The van der Waals surface area contributed by atoms with Gasteiger partial charge in [-0.3, -0.25) is 24.1 Å². The fourth-order valence-corrected chi connectivity index (χ4v) is 6.62. The number of fused-ring (bicyclic) bond motifs is 1. The van der Waals surface area contributed by atoms with Crippen LogP contribution in [-0.2, 0) is 45.9 Å². The number of hydrogen-bond donors (Lipinski definition) is 4. The van der Waals surface area contributed by atoms with Gasteiger partial charge in [0.15, 0.2) is 0 Å². The molecule has 0 saturated carbocycles. The average molecular weight is 739 g/mol. The molecule has 0 bridgehead atoms. The second kappa shape index (κ2) is 14.5. The van der Waals surface area contributed by atoms with E-state index in [1.165, 1.54) is 35.0 Å². The van der Waals surface area contributed by atoms with Gasteiger partial charge < -0.3 is 20.3 Å². The lowest BCUT2D eigenvalue weighted by Gasteiger charge is -2.20. The van der Waals surface area contributed by atoms with Gasteiger partial charge in [0.25, 0.3) is 21.5 Å². The van der Waals surface area contributed by atoms with Crippen LogP contribution in [0.2, 0.25) is 0 Å². The Balaban J connectivity index is 1.28. The number of halogens is 2. The van der Waals surface area contributed by atoms with Gasteiger partial charge in [-0.15, -0.1) is 0 Å². The number of carbonyl (C=O) groups excluding carboxylic acids is 2. The number of aliphatic carboxylic acids is 1. The molecule has 0 spiro atoms. The second-order valence-electron chi connectivity index (χ2n) is 13.3. The topological polar surface area (TPSA) is 199 Å². The quantitative estimate of drug-likeness (QED) is 0.189. The van der Waals surface area contributed by atoms with Crippen molar-refractivity contribution in [1.29, 1.82) is 0 Å². The largest absolute Gasteiger partial charge is 0.480 e. The van der Waals surface area contributed by atoms with Crippen LogP contribution in [0, 0.1) is 17.0 Å². The number of carboxylic acid groups (broad SMARTS) is 1. The minimum atomic E-state index is -4.45. The maximum Gasteiger partial charge on any atom is 0.335 e. The van der Waals surface area contributed by atoms with Gasteiger partial charge in [0.2, 0.25) is 5.91 Å². The van der Waals surface area contributed by atoms with Gasteiger partial charge in [0, 0.05) is 47.6 Å². The van der Waals surface area contributed by atoms with E-state index in [1.54, 1.807) is 27.8 Å². The SMILES string of the molecule is Cn1c2c(c(=O)n(-c3ccc(C[C@H](NC(=O)c4cc(F)c(NS(=O)(=O)c5ccc(NC(=O)C(C)(C)C)cc5)cc4F)C(=O)O)nc3)c1=O)CCCC2. The predicted molar refractivity (Wildman–Crippen MR) is 186 cm³/mol. The number of carboxylic acids is 1. The molecule has 4 N–H and O–H groups in total. The zero-order valence-corrected chi connectivity index (χ0v) is 29.4. The highest BCUT2D eigenvalue weighted by Crippen LogP contribution is 2.25. The van der Waals surface area contributed by atoms with Crippen LogP contribution in [0.3, 0.4) is 0 Å². The number of amides is 2. The molecule has 274 valence electrons. The van der Waals surface area contributed by atoms with Gasteiger partial charge in [0.05, 0.1) is 28.0 Å². The third-order valence-corrected chi connectivity index (χ3v) is 9.90. The van der Waals surface area contributed by atoms with Crippen molar-refractivity contribution in [3.63, 3.8) is 0 Å². The Labute approximate surface area is 296 Å². The number of nitrogens with one attached hydrogen (secondary N) is 3. The first-order valence-electron chi connectivity index (χ1n) is 16.1. The van der Waals surface area contributed by atoms with Crippen LogP contribution in [0.15, 0.2) is 69.2 Å². The molecule has 0 fully saturated rings. The highest BCUT2D eigenvalue weighted by molar-refractivity contribution is 7.92. The summed E-state index contributed by atoms with van der Waals surface area (Å²) in [4.78, 5) is 67.2. The molecule has 14 nitrogen and oxygen atoms in total. The third kappa shape index (κ3) is 7.93. The van der Waals surface area contributed by atoms with E-state index in [1.807, 2.05) is 4.72 Å². The molecule has 1 aliphatic carbocycles. The number of nitrogens with zero attached hydrogens (tertiary/aromatic N) is 3. The minimum absolute atomic E-state index is 0.139. The zero-order chi connectivity index (χ0) is 38.1. The van der Waals surface area contributed by atoms with Crippen molar-refractivity contribution in [2.24, 2.45) is 12.5 Å². The van der Waals surface area contributed by atoms with E-state index in [2.05, 4.69) is 15.6 Å².